The predicted octanol–water partition coefficient (Wildman–Crippen LogP) is 2.99. The molecule has 2 nitrogen and oxygen atoms in total. The fourth-order valence-corrected chi connectivity index (χ4v) is 2.27. The molecule has 0 radical (unpaired) electrons. The van der Waals surface area contributed by atoms with Crippen LogP contribution >= 0.6 is 22.9 Å². The Kier molecular flexibility index (Phi) is 1.90. The lowest BCUT2D eigenvalue weighted by Gasteiger charge is -1.98. The van der Waals surface area contributed by atoms with E-state index in [-0.39, 0.29) is 0 Å². The van der Waals surface area contributed by atoms with Crippen LogP contribution in [0, 0.1) is 0 Å². The molecular formula is C8H7ClN2S. The number of hydrogen-bond acceptors (Lipinski definition) is 3. The zero-order valence-corrected chi connectivity index (χ0v) is 8.04. The van der Waals surface area contributed by atoms with Crippen molar-refractivity contribution in [2.24, 2.45) is 0 Å². The van der Waals surface area contributed by atoms with Gasteiger partial charge in [0.05, 0.1) is 4.34 Å². The van der Waals surface area contributed by atoms with Gasteiger partial charge in [0.1, 0.15) is 5.82 Å². The van der Waals surface area contributed by atoms with Crippen LogP contribution in [-0.4, -0.2) is 12.0 Å². The van der Waals surface area contributed by atoms with Gasteiger partial charge in [-0.3, -0.25) is 0 Å². The molecule has 0 aromatic carbocycles. The van der Waals surface area contributed by atoms with Crippen molar-refractivity contribution in [2.75, 3.05) is 12.4 Å². The van der Waals surface area contributed by atoms with Crippen LogP contribution in [0.1, 0.15) is 0 Å². The van der Waals surface area contributed by atoms with Crippen LogP contribution in [0.25, 0.3) is 10.1 Å². The number of fused-ring (bicyclic) bond motifs is 1. The molecule has 0 spiro atoms. The second-order valence-corrected chi connectivity index (χ2v) is 4.09. The van der Waals surface area contributed by atoms with Gasteiger partial charge in [0.2, 0.25) is 0 Å². The lowest BCUT2D eigenvalue weighted by Crippen LogP contribution is -1.90. The summed E-state index contributed by atoms with van der Waals surface area (Å²) in [4.78, 5) is 4.18. The van der Waals surface area contributed by atoms with Gasteiger partial charge in [-0.05, 0) is 12.1 Å². The first-order chi connectivity index (χ1) is 5.81. The monoisotopic (exact) mass is 198 g/mol. The number of nitrogens with zero attached hydrogens (tertiary/aromatic N) is 1. The van der Waals surface area contributed by atoms with Crippen LogP contribution in [0.15, 0.2) is 18.3 Å². The van der Waals surface area contributed by atoms with Crippen molar-refractivity contribution >= 4 is 38.8 Å². The summed E-state index contributed by atoms with van der Waals surface area (Å²) in [6, 6.07) is 3.90. The van der Waals surface area contributed by atoms with Crippen molar-refractivity contribution < 1.29 is 0 Å². The molecule has 0 atom stereocenters. The molecule has 0 saturated heterocycles. The van der Waals surface area contributed by atoms with E-state index in [0.717, 1.165) is 15.5 Å². The molecule has 0 aliphatic heterocycles. The Bertz CT molecular complexity index is 410. The second kappa shape index (κ2) is 2.92. The Morgan fingerprint density at radius 1 is 1.58 bits per heavy atom. The van der Waals surface area contributed by atoms with Gasteiger partial charge in [-0.15, -0.1) is 11.3 Å². The fraction of sp³-hybridized carbons (Fsp3) is 0.125. The van der Waals surface area contributed by atoms with E-state index >= 15 is 0 Å². The third-order valence-electron chi connectivity index (χ3n) is 1.65. The van der Waals surface area contributed by atoms with Crippen molar-refractivity contribution in [3.63, 3.8) is 0 Å². The smallest absolute Gasteiger partial charge is 0.134 e. The molecule has 0 aliphatic carbocycles. The van der Waals surface area contributed by atoms with Crippen LogP contribution in [0.2, 0.25) is 4.34 Å². The van der Waals surface area contributed by atoms with Gasteiger partial charge in [0.25, 0.3) is 0 Å². The molecule has 62 valence electrons. The van der Waals surface area contributed by atoms with E-state index in [4.69, 9.17) is 11.6 Å². The molecule has 0 amide bonds. The van der Waals surface area contributed by atoms with Crippen molar-refractivity contribution in [3.05, 3.63) is 22.7 Å². The third kappa shape index (κ3) is 1.15. The number of rotatable bonds is 1. The van der Waals surface area contributed by atoms with Gasteiger partial charge in [-0.25, -0.2) is 4.98 Å². The zero-order valence-electron chi connectivity index (χ0n) is 6.47. The molecule has 0 unspecified atom stereocenters. The van der Waals surface area contributed by atoms with Crippen LogP contribution in [0.3, 0.4) is 0 Å². The summed E-state index contributed by atoms with van der Waals surface area (Å²) in [6.07, 6.45) is 1.78. The van der Waals surface area contributed by atoms with Crippen molar-refractivity contribution in [2.45, 2.75) is 0 Å². The van der Waals surface area contributed by atoms with E-state index in [9.17, 15) is 0 Å². The maximum absolute atomic E-state index is 5.87. The normalized spacial score (nSPS) is 10.5. The minimum absolute atomic E-state index is 0.800. The molecule has 12 heavy (non-hydrogen) atoms. The molecule has 1 N–H and O–H groups in total. The molecule has 0 aliphatic rings. The Morgan fingerprint density at radius 3 is 3.17 bits per heavy atom. The van der Waals surface area contributed by atoms with Crippen LogP contribution in [0.4, 0.5) is 5.82 Å². The zero-order chi connectivity index (χ0) is 8.55. The van der Waals surface area contributed by atoms with Crippen LogP contribution in [-0.2, 0) is 0 Å². The molecule has 0 bridgehead atoms. The number of aromatic nitrogens is 1. The van der Waals surface area contributed by atoms with Gasteiger partial charge < -0.3 is 5.32 Å². The summed E-state index contributed by atoms with van der Waals surface area (Å²) in [5.41, 5.74) is 0. The Balaban J connectivity index is 2.78. The van der Waals surface area contributed by atoms with Gasteiger partial charge in [0, 0.05) is 23.3 Å². The maximum atomic E-state index is 5.87. The highest BCUT2D eigenvalue weighted by atomic mass is 35.5. The minimum atomic E-state index is 0.800. The molecular weight excluding hydrogens is 192 g/mol. The third-order valence-corrected chi connectivity index (χ3v) is 2.88. The number of anilines is 1. The quantitative estimate of drug-likeness (QED) is 0.762. The highest BCUT2D eigenvalue weighted by Gasteiger charge is 2.03. The summed E-state index contributed by atoms with van der Waals surface area (Å²) >= 11 is 7.44. The van der Waals surface area contributed by atoms with E-state index in [1.165, 1.54) is 4.70 Å². The summed E-state index contributed by atoms with van der Waals surface area (Å²) < 4.78 is 1.97. The van der Waals surface area contributed by atoms with Gasteiger partial charge in [0.15, 0.2) is 0 Å². The summed E-state index contributed by atoms with van der Waals surface area (Å²) in [5, 5.41) is 4.11. The van der Waals surface area contributed by atoms with E-state index in [0.29, 0.717) is 0 Å². The number of hydrogen-bond donors (Lipinski definition) is 1. The molecule has 2 heterocycles. The largest absolute Gasteiger partial charge is 0.373 e. The first-order valence-electron chi connectivity index (χ1n) is 3.53. The number of pyridine rings is 1. The first kappa shape index (κ1) is 7.83. The first-order valence-corrected chi connectivity index (χ1v) is 4.72. The SMILES string of the molecule is CNc1nccc2sc(Cl)cc12. The Hall–Kier alpha value is -0.800. The highest BCUT2D eigenvalue weighted by molar-refractivity contribution is 7.22. The van der Waals surface area contributed by atoms with E-state index in [2.05, 4.69) is 10.3 Å². The van der Waals surface area contributed by atoms with Crippen molar-refractivity contribution in [1.82, 2.24) is 4.98 Å². The molecule has 0 saturated carbocycles. The number of halogens is 1. The van der Waals surface area contributed by atoms with Crippen molar-refractivity contribution in [3.8, 4) is 0 Å². The summed E-state index contributed by atoms with van der Waals surface area (Å²) in [5.74, 6) is 0.885. The minimum Gasteiger partial charge on any atom is -0.373 e. The van der Waals surface area contributed by atoms with E-state index in [1.807, 2.05) is 19.2 Å². The van der Waals surface area contributed by atoms with Crippen LogP contribution < -0.4 is 5.32 Å². The predicted molar refractivity (Wildman–Crippen MR) is 54.2 cm³/mol. The lowest BCUT2D eigenvalue weighted by atomic mass is 10.3. The Morgan fingerprint density at radius 2 is 2.42 bits per heavy atom. The van der Waals surface area contributed by atoms with Gasteiger partial charge in [-0.1, -0.05) is 11.6 Å². The molecule has 2 rings (SSSR count). The van der Waals surface area contributed by atoms with Gasteiger partial charge in [-0.2, -0.15) is 0 Å². The molecule has 4 heteroatoms. The molecule has 2 aromatic rings. The summed E-state index contributed by atoms with van der Waals surface area (Å²) in [7, 11) is 1.85. The second-order valence-electron chi connectivity index (χ2n) is 2.37. The van der Waals surface area contributed by atoms with Gasteiger partial charge >= 0.3 is 0 Å². The summed E-state index contributed by atoms with van der Waals surface area (Å²) in [6.45, 7) is 0. The molecule has 2 aromatic heterocycles. The standard InChI is InChI=1S/C8H7ClN2S/c1-10-8-5-4-7(9)12-6(5)2-3-11-8/h2-4H,1H3,(H,10,11). The topological polar surface area (TPSA) is 24.9 Å². The van der Waals surface area contributed by atoms with E-state index in [1.54, 1.807) is 17.5 Å². The average molecular weight is 199 g/mol. The van der Waals surface area contributed by atoms with E-state index < -0.39 is 0 Å². The van der Waals surface area contributed by atoms with Crippen molar-refractivity contribution in [1.29, 1.82) is 0 Å². The fourth-order valence-electron chi connectivity index (χ4n) is 1.13. The Labute approximate surface area is 79.2 Å². The highest BCUT2D eigenvalue weighted by Crippen LogP contribution is 2.32. The molecule has 0 fully saturated rings. The number of thiophene rings is 1. The maximum Gasteiger partial charge on any atom is 0.134 e. The number of nitrogens with one attached hydrogen (secondary N) is 1. The van der Waals surface area contributed by atoms with Crippen LogP contribution in [0.5, 0.6) is 0 Å². The lowest BCUT2D eigenvalue weighted by molar-refractivity contribution is 1.32. The average Bonchev–Trinajstić information content (AvgIpc) is 2.44.